The first-order chi connectivity index (χ1) is 8.92. The molecule has 1 aliphatic rings. The molecule has 1 heterocycles. The van der Waals surface area contributed by atoms with Crippen molar-refractivity contribution in [3.8, 4) is 0 Å². The van der Waals surface area contributed by atoms with Crippen molar-refractivity contribution < 1.29 is 14.6 Å². The monoisotopic (exact) mass is 271 g/mol. The Kier molecular flexibility index (Phi) is 5.81. The predicted molar refractivity (Wildman–Crippen MR) is 76.2 cm³/mol. The van der Waals surface area contributed by atoms with E-state index in [0.29, 0.717) is 25.5 Å². The number of carboxylic acid groups (broad SMARTS) is 1. The molecule has 0 saturated carbocycles. The first-order valence-corrected chi connectivity index (χ1v) is 7.35. The van der Waals surface area contributed by atoms with E-state index in [9.17, 15) is 9.90 Å². The summed E-state index contributed by atoms with van der Waals surface area (Å²) in [6.07, 6.45) is 3.30. The van der Waals surface area contributed by atoms with Crippen molar-refractivity contribution in [2.75, 3.05) is 26.8 Å². The summed E-state index contributed by atoms with van der Waals surface area (Å²) in [5.74, 6) is -0.166. The summed E-state index contributed by atoms with van der Waals surface area (Å²) < 4.78 is 5.07. The van der Waals surface area contributed by atoms with Gasteiger partial charge in [-0.15, -0.1) is 0 Å². The summed E-state index contributed by atoms with van der Waals surface area (Å²) in [6, 6.07) is 0. The number of aliphatic carboxylic acids is 1. The Morgan fingerprint density at radius 3 is 2.58 bits per heavy atom. The van der Waals surface area contributed by atoms with Crippen LogP contribution in [0.5, 0.6) is 0 Å². The van der Waals surface area contributed by atoms with Crippen LogP contribution in [0.1, 0.15) is 46.5 Å². The lowest BCUT2D eigenvalue weighted by atomic mass is 9.60. The number of piperidine rings is 1. The van der Waals surface area contributed by atoms with E-state index in [0.717, 1.165) is 25.8 Å². The fourth-order valence-corrected chi connectivity index (χ4v) is 3.41. The molecule has 2 atom stereocenters. The van der Waals surface area contributed by atoms with Gasteiger partial charge in [0.1, 0.15) is 0 Å². The lowest BCUT2D eigenvalue weighted by Crippen LogP contribution is -2.55. The second kappa shape index (κ2) is 6.71. The van der Waals surface area contributed by atoms with Crippen LogP contribution in [-0.4, -0.2) is 37.9 Å². The van der Waals surface area contributed by atoms with Gasteiger partial charge < -0.3 is 15.2 Å². The standard InChI is InChI=1S/C15H29NO3/c1-5-14(12(2)3)9-15(13(17)18,11-16-10-14)7-6-8-19-4/h12,16H,5-11H2,1-4H3,(H,17,18)/t14?,15-/m1/s1. The first-order valence-electron chi connectivity index (χ1n) is 7.35. The van der Waals surface area contributed by atoms with Gasteiger partial charge in [-0.2, -0.15) is 0 Å². The zero-order valence-corrected chi connectivity index (χ0v) is 12.8. The first kappa shape index (κ1) is 16.4. The summed E-state index contributed by atoms with van der Waals surface area (Å²) in [5.41, 5.74) is -0.527. The maximum Gasteiger partial charge on any atom is 0.310 e. The summed E-state index contributed by atoms with van der Waals surface area (Å²) in [5, 5.41) is 13.1. The van der Waals surface area contributed by atoms with Crippen molar-refractivity contribution in [1.82, 2.24) is 5.32 Å². The molecule has 0 aromatic heterocycles. The van der Waals surface area contributed by atoms with Crippen LogP contribution in [0.15, 0.2) is 0 Å². The predicted octanol–water partition coefficient (Wildman–Crippen LogP) is 2.53. The Morgan fingerprint density at radius 1 is 1.42 bits per heavy atom. The average molecular weight is 271 g/mol. The van der Waals surface area contributed by atoms with E-state index in [2.05, 4.69) is 26.1 Å². The molecule has 4 heteroatoms. The van der Waals surface area contributed by atoms with Gasteiger partial charge >= 0.3 is 5.97 Å². The summed E-state index contributed by atoms with van der Waals surface area (Å²) in [7, 11) is 1.66. The highest BCUT2D eigenvalue weighted by Gasteiger charge is 2.49. The Bertz CT molecular complexity index is 306. The quantitative estimate of drug-likeness (QED) is 0.699. The molecule has 0 bridgehead atoms. The van der Waals surface area contributed by atoms with Crippen molar-refractivity contribution in [3.05, 3.63) is 0 Å². The number of ether oxygens (including phenoxy) is 1. The van der Waals surface area contributed by atoms with E-state index in [1.165, 1.54) is 0 Å². The molecular weight excluding hydrogens is 242 g/mol. The van der Waals surface area contributed by atoms with E-state index in [1.807, 2.05) is 0 Å². The van der Waals surface area contributed by atoms with Crippen LogP contribution in [0.25, 0.3) is 0 Å². The van der Waals surface area contributed by atoms with Gasteiger partial charge in [0.2, 0.25) is 0 Å². The smallest absolute Gasteiger partial charge is 0.310 e. The van der Waals surface area contributed by atoms with Crippen LogP contribution in [-0.2, 0) is 9.53 Å². The number of methoxy groups -OCH3 is 1. The number of carbonyl (C=O) groups is 1. The van der Waals surface area contributed by atoms with Crippen molar-refractivity contribution in [2.24, 2.45) is 16.7 Å². The van der Waals surface area contributed by atoms with Crippen molar-refractivity contribution in [2.45, 2.75) is 46.5 Å². The van der Waals surface area contributed by atoms with Gasteiger partial charge in [0, 0.05) is 26.8 Å². The number of hydrogen-bond donors (Lipinski definition) is 2. The SMILES string of the molecule is CCC1(C(C)C)CNC[C@](CCCOC)(C(=O)O)C1. The fourth-order valence-electron chi connectivity index (χ4n) is 3.41. The molecule has 4 nitrogen and oxygen atoms in total. The van der Waals surface area contributed by atoms with Crippen LogP contribution in [0, 0.1) is 16.7 Å². The van der Waals surface area contributed by atoms with Gasteiger partial charge in [0.05, 0.1) is 5.41 Å². The van der Waals surface area contributed by atoms with Crippen LogP contribution in [0.3, 0.4) is 0 Å². The van der Waals surface area contributed by atoms with E-state index in [-0.39, 0.29) is 5.41 Å². The molecule has 19 heavy (non-hydrogen) atoms. The Balaban J connectivity index is 2.88. The largest absolute Gasteiger partial charge is 0.481 e. The average Bonchev–Trinajstić information content (AvgIpc) is 2.38. The Morgan fingerprint density at radius 2 is 2.11 bits per heavy atom. The van der Waals surface area contributed by atoms with Crippen LogP contribution >= 0.6 is 0 Å². The van der Waals surface area contributed by atoms with Crippen LogP contribution < -0.4 is 5.32 Å². The van der Waals surface area contributed by atoms with Crippen molar-refractivity contribution in [1.29, 1.82) is 0 Å². The van der Waals surface area contributed by atoms with Gasteiger partial charge in [-0.3, -0.25) is 4.79 Å². The molecule has 0 amide bonds. The highest BCUT2D eigenvalue weighted by atomic mass is 16.5. The minimum atomic E-state index is -0.658. The third-order valence-corrected chi connectivity index (χ3v) is 5.02. The molecule has 1 rings (SSSR count). The number of rotatable bonds is 7. The molecule has 0 aliphatic carbocycles. The molecule has 0 aromatic rings. The Labute approximate surface area is 116 Å². The Hall–Kier alpha value is -0.610. The van der Waals surface area contributed by atoms with E-state index in [4.69, 9.17) is 4.74 Å². The van der Waals surface area contributed by atoms with Gasteiger partial charge in [-0.05, 0) is 37.0 Å². The summed E-state index contributed by atoms with van der Waals surface area (Å²) in [4.78, 5) is 11.8. The van der Waals surface area contributed by atoms with E-state index >= 15 is 0 Å². The number of carboxylic acids is 1. The normalized spacial score (nSPS) is 31.6. The summed E-state index contributed by atoms with van der Waals surface area (Å²) >= 11 is 0. The van der Waals surface area contributed by atoms with Gasteiger partial charge in [-0.1, -0.05) is 20.8 Å². The van der Waals surface area contributed by atoms with Gasteiger partial charge in [-0.25, -0.2) is 0 Å². The minimum Gasteiger partial charge on any atom is -0.481 e. The molecular formula is C15H29NO3. The van der Waals surface area contributed by atoms with Crippen molar-refractivity contribution in [3.63, 3.8) is 0 Å². The maximum atomic E-state index is 11.8. The zero-order valence-electron chi connectivity index (χ0n) is 12.8. The molecule has 0 radical (unpaired) electrons. The lowest BCUT2D eigenvalue weighted by Gasteiger charge is -2.48. The number of nitrogens with one attached hydrogen (secondary N) is 1. The fraction of sp³-hybridized carbons (Fsp3) is 0.933. The third kappa shape index (κ3) is 3.48. The van der Waals surface area contributed by atoms with Gasteiger partial charge in [0.15, 0.2) is 0 Å². The molecule has 1 saturated heterocycles. The molecule has 2 N–H and O–H groups in total. The minimum absolute atomic E-state index is 0.101. The van der Waals surface area contributed by atoms with Crippen molar-refractivity contribution >= 4 is 5.97 Å². The molecule has 1 unspecified atom stereocenters. The highest BCUT2D eigenvalue weighted by molar-refractivity contribution is 5.75. The molecule has 1 fully saturated rings. The zero-order chi connectivity index (χ0) is 14.5. The maximum absolute atomic E-state index is 11.8. The molecule has 1 aliphatic heterocycles. The molecule has 112 valence electrons. The second-order valence-electron chi connectivity index (χ2n) is 6.33. The second-order valence-corrected chi connectivity index (χ2v) is 6.33. The van der Waals surface area contributed by atoms with Crippen LogP contribution in [0.2, 0.25) is 0 Å². The van der Waals surface area contributed by atoms with Gasteiger partial charge in [0.25, 0.3) is 0 Å². The number of hydrogen-bond acceptors (Lipinski definition) is 3. The lowest BCUT2D eigenvalue weighted by molar-refractivity contribution is -0.155. The summed E-state index contributed by atoms with van der Waals surface area (Å²) in [6.45, 7) is 8.74. The van der Waals surface area contributed by atoms with E-state index < -0.39 is 11.4 Å². The topological polar surface area (TPSA) is 58.6 Å². The molecule has 0 spiro atoms. The third-order valence-electron chi connectivity index (χ3n) is 5.02. The van der Waals surface area contributed by atoms with E-state index in [1.54, 1.807) is 7.11 Å². The van der Waals surface area contributed by atoms with Crippen LogP contribution in [0.4, 0.5) is 0 Å². The molecule has 0 aromatic carbocycles. The highest BCUT2D eigenvalue weighted by Crippen LogP contribution is 2.46.